The SMILES string of the molecule is CCNC(=O)c1ccc(C(=O)NC(=NC2CCCCN(CC(=O)N3CCCC3)C2=O)Nc2ccc3oc(C)cc3c2)cn1. The lowest BCUT2D eigenvalue weighted by molar-refractivity contribution is -0.140. The minimum atomic E-state index is -0.783. The van der Waals surface area contributed by atoms with E-state index in [4.69, 9.17) is 9.41 Å². The third kappa shape index (κ3) is 7.37. The van der Waals surface area contributed by atoms with Crippen LogP contribution in [0.25, 0.3) is 11.0 Å². The normalized spacial score (nSPS) is 17.6. The number of carbonyl (C=O) groups excluding carboxylic acids is 4. The number of likely N-dealkylation sites (tertiary alicyclic amines) is 2. The topological polar surface area (TPSA) is 149 Å². The molecule has 0 spiro atoms. The second-order valence-corrected chi connectivity index (χ2v) is 10.8. The predicted octanol–water partition coefficient (Wildman–Crippen LogP) is 3.09. The highest BCUT2D eigenvalue weighted by molar-refractivity contribution is 6.11. The quantitative estimate of drug-likeness (QED) is 0.284. The van der Waals surface area contributed by atoms with Gasteiger partial charge in [-0.2, -0.15) is 0 Å². The highest BCUT2D eigenvalue weighted by Crippen LogP contribution is 2.23. The van der Waals surface area contributed by atoms with Crippen LogP contribution in [0.4, 0.5) is 5.69 Å². The van der Waals surface area contributed by atoms with E-state index >= 15 is 0 Å². The molecule has 2 saturated heterocycles. The number of aliphatic imine (C=N–C) groups is 1. The highest BCUT2D eigenvalue weighted by Gasteiger charge is 2.30. The number of aryl methyl sites for hydroxylation is 1. The van der Waals surface area contributed by atoms with Gasteiger partial charge in [-0.05, 0) is 82.3 Å². The molecule has 2 aliphatic heterocycles. The van der Waals surface area contributed by atoms with Gasteiger partial charge in [0.2, 0.25) is 17.8 Å². The zero-order chi connectivity index (χ0) is 30.3. The van der Waals surface area contributed by atoms with Crippen molar-refractivity contribution in [2.45, 2.75) is 52.0 Å². The summed E-state index contributed by atoms with van der Waals surface area (Å²) in [6.45, 7) is 6.10. The summed E-state index contributed by atoms with van der Waals surface area (Å²) < 4.78 is 5.68. The molecule has 12 nitrogen and oxygen atoms in total. The number of benzene rings is 1. The van der Waals surface area contributed by atoms with Gasteiger partial charge in [-0.3, -0.25) is 29.5 Å². The van der Waals surface area contributed by atoms with Crippen LogP contribution in [0.2, 0.25) is 0 Å². The summed E-state index contributed by atoms with van der Waals surface area (Å²) in [6.07, 6.45) is 5.28. The number of amides is 4. The molecule has 0 saturated carbocycles. The van der Waals surface area contributed by atoms with Crippen molar-refractivity contribution >= 4 is 46.2 Å². The maximum atomic E-state index is 13.6. The molecular formula is C31H37N7O5. The van der Waals surface area contributed by atoms with Gasteiger partial charge in [0.05, 0.1) is 12.1 Å². The van der Waals surface area contributed by atoms with Gasteiger partial charge in [0.15, 0.2) is 0 Å². The largest absolute Gasteiger partial charge is 0.461 e. The zero-order valence-electron chi connectivity index (χ0n) is 24.5. The summed E-state index contributed by atoms with van der Waals surface area (Å²) >= 11 is 0. The van der Waals surface area contributed by atoms with E-state index in [0.29, 0.717) is 25.2 Å². The molecule has 4 heterocycles. The molecule has 3 N–H and O–H groups in total. The number of nitrogens with one attached hydrogen (secondary N) is 3. The molecule has 12 heteroatoms. The van der Waals surface area contributed by atoms with Crippen LogP contribution in [-0.2, 0) is 9.59 Å². The number of hydrogen-bond acceptors (Lipinski definition) is 7. The predicted molar refractivity (Wildman–Crippen MR) is 162 cm³/mol. The minimum Gasteiger partial charge on any atom is -0.461 e. The lowest BCUT2D eigenvalue weighted by atomic mass is 10.1. The number of furan rings is 1. The summed E-state index contributed by atoms with van der Waals surface area (Å²) in [4.78, 5) is 64.0. The van der Waals surface area contributed by atoms with Crippen LogP contribution in [0.5, 0.6) is 0 Å². The molecular weight excluding hydrogens is 550 g/mol. The molecule has 1 aromatic carbocycles. The van der Waals surface area contributed by atoms with Crippen molar-refractivity contribution < 1.29 is 23.6 Å². The average Bonchev–Trinajstić information content (AvgIpc) is 3.63. The third-order valence-corrected chi connectivity index (χ3v) is 7.55. The number of nitrogens with zero attached hydrogens (tertiary/aromatic N) is 4. The minimum absolute atomic E-state index is 0.0279. The summed E-state index contributed by atoms with van der Waals surface area (Å²) in [6, 6.07) is 9.59. The Bertz CT molecular complexity index is 1530. The number of anilines is 1. The van der Waals surface area contributed by atoms with E-state index < -0.39 is 11.9 Å². The first-order chi connectivity index (χ1) is 20.8. The monoisotopic (exact) mass is 587 g/mol. The van der Waals surface area contributed by atoms with Crippen molar-refractivity contribution in [1.29, 1.82) is 0 Å². The molecule has 5 rings (SSSR count). The molecule has 43 heavy (non-hydrogen) atoms. The van der Waals surface area contributed by atoms with Gasteiger partial charge in [-0.1, -0.05) is 0 Å². The van der Waals surface area contributed by atoms with Gasteiger partial charge < -0.3 is 24.9 Å². The number of pyridine rings is 1. The first-order valence-electron chi connectivity index (χ1n) is 14.8. The van der Waals surface area contributed by atoms with E-state index in [2.05, 4.69) is 20.9 Å². The molecule has 3 aromatic rings. The van der Waals surface area contributed by atoms with E-state index in [-0.39, 0.29) is 41.5 Å². The molecule has 226 valence electrons. The Labute approximate surface area is 249 Å². The van der Waals surface area contributed by atoms with Crippen LogP contribution < -0.4 is 16.0 Å². The van der Waals surface area contributed by atoms with Crippen LogP contribution in [0, 0.1) is 6.92 Å². The van der Waals surface area contributed by atoms with Crippen LogP contribution >= 0.6 is 0 Å². The molecule has 2 fully saturated rings. The van der Waals surface area contributed by atoms with Gasteiger partial charge in [0, 0.05) is 43.4 Å². The highest BCUT2D eigenvalue weighted by atomic mass is 16.3. The number of fused-ring (bicyclic) bond motifs is 1. The van der Waals surface area contributed by atoms with Gasteiger partial charge >= 0.3 is 0 Å². The standard InChI is InChI=1S/C31H37N7O5/c1-3-32-29(41)24-11-9-21(18-33-24)28(40)36-31(34-23-10-12-26-22(17-23)16-20(2)43-26)35-25-8-4-5-15-38(30(25)42)19-27(39)37-13-6-7-14-37/h9-12,16-18,25H,3-8,13-15,19H2,1-2H3,(H,32,41)(H2,34,35,36,40). The molecule has 1 unspecified atom stereocenters. The number of rotatable bonds is 7. The van der Waals surface area contributed by atoms with Gasteiger partial charge in [0.1, 0.15) is 23.1 Å². The molecule has 1 atom stereocenters. The van der Waals surface area contributed by atoms with Gasteiger partial charge in [-0.25, -0.2) is 4.99 Å². The van der Waals surface area contributed by atoms with E-state index in [0.717, 1.165) is 55.5 Å². The Balaban J connectivity index is 1.38. The summed E-state index contributed by atoms with van der Waals surface area (Å²) in [5.74, 6) is -0.276. The number of hydrogen-bond donors (Lipinski definition) is 3. The summed E-state index contributed by atoms with van der Waals surface area (Å²) in [5, 5.41) is 9.49. The smallest absolute Gasteiger partial charge is 0.269 e. The van der Waals surface area contributed by atoms with Crippen molar-refractivity contribution in [1.82, 2.24) is 25.4 Å². The Morgan fingerprint density at radius 1 is 1.02 bits per heavy atom. The van der Waals surface area contributed by atoms with E-state index in [9.17, 15) is 19.2 Å². The Hall–Kier alpha value is -4.74. The molecule has 0 radical (unpaired) electrons. The second kappa shape index (κ2) is 13.5. The van der Waals surface area contributed by atoms with Crippen molar-refractivity contribution in [2.75, 3.05) is 38.0 Å². The lowest BCUT2D eigenvalue weighted by Gasteiger charge is -2.25. The van der Waals surface area contributed by atoms with E-state index in [1.807, 2.05) is 36.9 Å². The maximum Gasteiger partial charge on any atom is 0.269 e. The number of aromatic nitrogens is 1. The summed E-state index contributed by atoms with van der Waals surface area (Å²) in [5.41, 5.74) is 1.77. The van der Waals surface area contributed by atoms with Gasteiger partial charge in [0.25, 0.3) is 11.8 Å². The first kappa shape index (κ1) is 29.7. The van der Waals surface area contributed by atoms with Gasteiger partial charge in [-0.15, -0.1) is 0 Å². The van der Waals surface area contributed by atoms with Crippen molar-refractivity contribution in [3.63, 3.8) is 0 Å². The van der Waals surface area contributed by atoms with E-state index in [1.165, 1.54) is 18.3 Å². The van der Waals surface area contributed by atoms with Crippen LogP contribution in [-0.4, -0.2) is 83.1 Å². The third-order valence-electron chi connectivity index (χ3n) is 7.55. The average molecular weight is 588 g/mol. The fraction of sp³-hybridized carbons (Fsp3) is 0.419. The molecule has 2 aromatic heterocycles. The Morgan fingerprint density at radius 3 is 2.56 bits per heavy atom. The van der Waals surface area contributed by atoms with Crippen molar-refractivity contribution in [2.24, 2.45) is 4.99 Å². The second-order valence-electron chi connectivity index (χ2n) is 10.8. The molecule has 0 bridgehead atoms. The van der Waals surface area contributed by atoms with E-state index in [1.54, 1.807) is 11.0 Å². The number of guanidine groups is 1. The van der Waals surface area contributed by atoms with Crippen LogP contribution in [0.1, 0.15) is 65.6 Å². The van der Waals surface area contributed by atoms with Crippen molar-refractivity contribution in [3.05, 3.63) is 59.6 Å². The first-order valence-corrected chi connectivity index (χ1v) is 14.8. The Morgan fingerprint density at radius 2 is 1.81 bits per heavy atom. The molecule has 0 aliphatic carbocycles. The number of carbonyl (C=O) groups is 4. The lowest BCUT2D eigenvalue weighted by Crippen LogP contribution is -2.45. The Kier molecular flexibility index (Phi) is 9.33. The molecule has 4 amide bonds. The van der Waals surface area contributed by atoms with Crippen LogP contribution in [0.15, 0.2) is 52.0 Å². The molecule has 2 aliphatic rings. The van der Waals surface area contributed by atoms with Crippen LogP contribution in [0.3, 0.4) is 0 Å². The fourth-order valence-corrected chi connectivity index (χ4v) is 5.33. The zero-order valence-corrected chi connectivity index (χ0v) is 24.5. The van der Waals surface area contributed by atoms with Crippen molar-refractivity contribution in [3.8, 4) is 0 Å². The fourth-order valence-electron chi connectivity index (χ4n) is 5.33. The maximum absolute atomic E-state index is 13.6. The summed E-state index contributed by atoms with van der Waals surface area (Å²) in [7, 11) is 0.